The highest BCUT2D eigenvalue weighted by molar-refractivity contribution is 5.77. The summed E-state index contributed by atoms with van der Waals surface area (Å²) < 4.78 is 5.33. The molecule has 6 atom stereocenters. The molecular formula is C10H14O3. The van der Waals surface area contributed by atoms with E-state index in [9.17, 15) is 9.90 Å². The molecule has 1 N–H and O–H groups in total. The highest BCUT2D eigenvalue weighted by Gasteiger charge is 2.64. The first-order chi connectivity index (χ1) is 6.24. The Morgan fingerprint density at radius 2 is 2.31 bits per heavy atom. The van der Waals surface area contributed by atoms with Crippen LogP contribution in [0.1, 0.15) is 13.3 Å². The Hall–Kier alpha value is -0.570. The summed E-state index contributed by atoms with van der Waals surface area (Å²) in [5.74, 6) is 1.56. The van der Waals surface area contributed by atoms with Crippen LogP contribution in [0, 0.1) is 29.6 Å². The van der Waals surface area contributed by atoms with Gasteiger partial charge in [-0.25, -0.2) is 0 Å². The molecule has 13 heavy (non-hydrogen) atoms. The molecule has 6 unspecified atom stereocenters. The van der Waals surface area contributed by atoms with Gasteiger partial charge in [0.05, 0.1) is 5.92 Å². The minimum atomic E-state index is -0.0547. The van der Waals surface area contributed by atoms with Gasteiger partial charge in [0.15, 0.2) is 0 Å². The molecule has 0 aromatic rings. The van der Waals surface area contributed by atoms with Crippen LogP contribution >= 0.6 is 0 Å². The largest absolute Gasteiger partial charge is 0.462 e. The summed E-state index contributed by atoms with van der Waals surface area (Å²) in [5, 5.41) is 9.24. The number of esters is 1. The van der Waals surface area contributed by atoms with Gasteiger partial charge in [-0.15, -0.1) is 0 Å². The Balaban J connectivity index is 2.01. The minimum absolute atomic E-state index is 0.0243. The maximum absolute atomic E-state index is 11.5. The van der Waals surface area contributed by atoms with Crippen molar-refractivity contribution >= 4 is 5.97 Å². The third kappa shape index (κ3) is 0.725. The lowest BCUT2D eigenvalue weighted by molar-refractivity contribution is -0.145. The van der Waals surface area contributed by atoms with Crippen molar-refractivity contribution in [3.05, 3.63) is 0 Å². The van der Waals surface area contributed by atoms with Crippen molar-refractivity contribution in [1.82, 2.24) is 0 Å². The number of rotatable bonds is 1. The number of carbonyl (C=O) groups is 1. The monoisotopic (exact) mass is 182 g/mol. The Bertz CT molecular complexity index is 263. The first kappa shape index (κ1) is 7.80. The van der Waals surface area contributed by atoms with E-state index in [4.69, 9.17) is 4.74 Å². The van der Waals surface area contributed by atoms with Crippen molar-refractivity contribution in [3.63, 3.8) is 0 Å². The molecule has 0 radical (unpaired) electrons. The molecule has 1 heterocycles. The Kier molecular flexibility index (Phi) is 1.36. The van der Waals surface area contributed by atoms with Crippen LogP contribution in [0.5, 0.6) is 0 Å². The molecule has 1 aliphatic heterocycles. The van der Waals surface area contributed by atoms with Gasteiger partial charge in [-0.3, -0.25) is 4.79 Å². The summed E-state index contributed by atoms with van der Waals surface area (Å²) in [4.78, 5) is 11.5. The molecule has 1 saturated heterocycles. The fourth-order valence-electron chi connectivity index (χ4n) is 3.80. The van der Waals surface area contributed by atoms with E-state index in [2.05, 4.69) is 6.92 Å². The highest BCUT2D eigenvalue weighted by atomic mass is 16.6. The van der Waals surface area contributed by atoms with Crippen LogP contribution in [0.25, 0.3) is 0 Å². The van der Waals surface area contributed by atoms with Crippen LogP contribution in [0.4, 0.5) is 0 Å². The van der Waals surface area contributed by atoms with Gasteiger partial charge in [0.1, 0.15) is 6.10 Å². The van der Waals surface area contributed by atoms with Crippen LogP contribution in [0.2, 0.25) is 0 Å². The van der Waals surface area contributed by atoms with Gasteiger partial charge in [-0.05, 0) is 24.2 Å². The molecule has 2 saturated carbocycles. The Morgan fingerprint density at radius 3 is 3.00 bits per heavy atom. The SMILES string of the molecule is CC1C2CC3C1OC(=O)C3C2CO. The van der Waals surface area contributed by atoms with Crippen molar-refractivity contribution in [2.75, 3.05) is 6.61 Å². The van der Waals surface area contributed by atoms with Crippen LogP contribution in [0.15, 0.2) is 0 Å². The van der Waals surface area contributed by atoms with Gasteiger partial charge in [0.2, 0.25) is 0 Å². The summed E-state index contributed by atoms with van der Waals surface area (Å²) in [7, 11) is 0. The van der Waals surface area contributed by atoms with E-state index in [-0.39, 0.29) is 30.5 Å². The third-order valence-corrected chi connectivity index (χ3v) is 4.37. The fourth-order valence-corrected chi connectivity index (χ4v) is 3.80. The minimum Gasteiger partial charge on any atom is -0.462 e. The molecule has 2 aliphatic carbocycles. The number of hydrogen-bond donors (Lipinski definition) is 1. The van der Waals surface area contributed by atoms with Gasteiger partial charge < -0.3 is 9.84 Å². The lowest BCUT2D eigenvalue weighted by atomic mass is 9.75. The average Bonchev–Trinajstić information content (AvgIpc) is 2.68. The summed E-state index contributed by atoms with van der Waals surface area (Å²) in [6.45, 7) is 2.30. The van der Waals surface area contributed by atoms with Gasteiger partial charge in [-0.1, -0.05) is 6.92 Å². The molecule has 0 amide bonds. The van der Waals surface area contributed by atoms with E-state index < -0.39 is 0 Å². The summed E-state index contributed by atoms with van der Waals surface area (Å²) in [6, 6.07) is 0. The first-order valence-corrected chi connectivity index (χ1v) is 5.05. The molecule has 3 heteroatoms. The van der Waals surface area contributed by atoms with Gasteiger partial charge in [-0.2, -0.15) is 0 Å². The van der Waals surface area contributed by atoms with E-state index >= 15 is 0 Å². The standard InChI is InChI=1S/C10H14O3/c1-4-5-2-6-8(7(5)3-11)10(12)13-9(4)6/h4-9,11H,2-3H2,1H3. The predicted octanol–water partition coefficient (Wildman–Crippen LogP) is 0.422. The van der Waals surface area contributed by atoms with Crippen LogP contribution in [-0.2, 0) is 9.53 Å². The zero-order valence-electron chi connectivity index (χ0n) is 7.64. The van der Waals surface area contributed by atoms with Crippen molar-refractivity contribution in [2.45, 2.75) is 19.4 Å². The number of ether oxygens (including phenoxy) is 1. The van der Waals surface area contributed by atoms with Gasteiger partial charge in [0, 0.05) is 12.5 Å². The van der Waals surface area contributed by atoms with Gasteiger partial charge in [0.25, 0.3) is 0 Å². The topological polar surface area (TPSA) is 46.5 Å². The number of aliphatic hydroxyl groups is 1. The first-order valence-electron chi connectivity index (χ1n) is 5.05. The summed E-state index contributed by atoms with van der Waals surface area (Å²) in [6.07, 6.45) is 1.26. The van der Waals surface area contributed by atoms with Gasteiger partial charge >= 0.3 is 5.97 Å². The van der Waals surface area contributed by atoms with Crippen molar-refractivity contribution in [3.8, 4) is 0 Å². The quantitative estimate of drug-likeness (QED) is 0.598. The molecule has 3 aliphatic rings. The molecule has 3 fully saturated rings. The molecule has 0 aromatic heterocycles. The number of carbonyl (C=O) groups excluding carboxylic acids is 1. The Morgan fingerprint density at radius 1 is 1.54 bits per heavy atom. The summed E-state index contributed by atoms with van der Waals surface area (Å²) >= 11 is 0. The lowest BCUT2D eigenvalue weighted by Gasteiger charge is -2.27. The number of aliphatic hydroxyl groups excluding tert-OH is 1. The fraction of sp³-hybridized carbons (Fsp3) is 0.900. The normalized spacial score (nSPS) is 57.2. The lowest BCUT2D eigenvalue weighted by Crippen LogP contribution is -2.33. The Labute approximate surface area is 77.1 Å². The maximum Gasteiger partial charge on any atom is 0.310 e. The number of hydrogen-bond acceptors (Lipinski definition) is 3. The van der Waals surface area contributed by atoms with Crippen molar-refractivity contribution < 1.29 is 14.6 Å². The molecular weight excluding hydrogens is 168 g/mol. The van der Waals surface area contributed by atoms with E-state index in [1.54, 1.807) is 0 Å². The van der Waals surface area contributed by atoms with Crippen molar-refractivity contribution in [2.24, 2.45) is 29.6 Å². The molecule has 2 bridgehead atoms. The van der Waals surface area contributed by atoms with Crippen molar-refractivity contribution in [1.29, 1.82) is 0 Å². The van der Waals surface area contributed by atoms with E-state index in [1.165, 1.54) is 0 Å². The van der Waals surface area contributed by atoms with Crippen LogP contribution < -0.4 is 0 Å². The smallest absolute Gasteiger partial charge is 0.310 e. The maximum atomic E-state index is 11.5. The van der Waals surface area contributed by atoms with E-state index in [1.807, 2.05) is 0 Å². The second kappa shape index (κ2) is 2.27. The zero-order chi connectivity index (χ0) is 9.16. The molecule has 72 valence electrons. The molecule has 3 nitrogen and oxygen atoms in total. The summed E-state index contributed by atoms with van der Waals surface area (Å²) in [5.41, 5.74) is 0. The second-order valence-electron chi connectivity index (χ2n) is 4.70. The highest BCUT2D eigenvalue weighted by Crippen LogP contribution is 2.59. The van der Waals surface area contributed by atoms with Crippen LogP contribution in [-0.4, -0.2) is 23.8 Å². The van der Waals surface area contributed by atoms with E-state index in [0.29, 0.717) is 17.8 Å². The van der Waals surface area contributed by atoms with Crippen LogP contribution in [0.3, 0.4) is 0 Å². The number of fused-ring (bicyclic) bond motifs is 1. The molecule has 0 aromatic carbocycles. The molecule has 3 rings (SSSR count). The van der Waals surface area contributed by atoms with E-state index in [0.717, 1.165) is 6.42 Å². The zero-order valence-corrected chi connectivity index (χ0v) is 7.64. The predicted molar refractivity (Wildman–Crippen MR) is 44.7 cm³/mol. The average molecular weight is 182 g/mol. The molecule has 0 spiro atoms. The third-order valence-electron chi connectivity index (χ3n) is 4.37. The second-order valence-corrected chi connectivity index (χ2v) is 4.70.